The van der Waals surface area contributed by atoms with Crippen molar-refractivity contribution in [3.05, 3.63) is 36.2 Å². The van der Waals surface area contributed by atoms with E-state index in [1.807, 2.05) is 0 Å². The summed E-state index contributed by atoms with van der Waals surface area (Å²) in [6.07, 6.45) is 2.34. The molecule has 0 radical (unpaired) electrons. The van der Waals surface area contributed by atoms with Gasteiger partial charge in [-0.1, -0.05) is 0 Å². The highest BCUT2D eigenvalue weighted by molar-refractivity contribution is 7.92. The maximum Gasteiger partial charge on any atom is 0.335 e. The molecule has 1 heterocycles. The third-order valence-electron chi connectivity index (χ3n) is 2.47. The number of nitrogens with zero attached hydrogens (tertiary/aromatic N) is 1. The number of benzene rings is 1. The second kappa shape index (κ2) is 5.21. The van der Waals surface area contributed by atoms with E-state index in [2.05, 4.69) is 14.9 Å². The Morgan fingerprint density at radius 3 is 2.75 bits per heavy atom. The first-order valence-electron chi connectivity index (χ1n) is 5.37. The summed E-state index contributed by atoms with van der Waals surface area (Å²) in [5.74, 6) is -0.960. The molecule has 0 spiro atoms. The van der Waals surface area contributed by atoms with Crippen LogP contribution < -0.4 is 9.46 Å². The average Bonchev–Trinajstić information content (AvgIpc) is 2.92. The van der Waals surface area contributed by atoms with Crippen molar-refractivity contribution in [2.75, 3.05) is 11.8 Å². The normalized spacial score (nSPS) is 11.1. The first-order chi connectivity index (χ1) is 9.44. The number of methoxy groups -OCH3 is 1. The van der Waals surface area contributed by atoms with Gasteiger partial charge in [-0.25, -0.2) is 13.2 Å². The molecule has 0 aliphatic carbocycles. The van der Waals surface area contributed by atoms with Crippen LogP contribution in [0.4, 0.5) is 5.69 Å². The van der Waals surface area contributed by atoms with Crippen molar-refractivity contribution in [1.82, 2.24) is 10.2 Å². The topological polar surface area (TPSA) is 121 Å². The highest BCUT2D eigenvalue weighted by atomic mass is 32.2. The van der Waals surface area contributed by atoms with Crippen LogP contribution in [0, 0.1) is 0 Å². The smallest absolute Gasteiger partial charge is 0.335 e. The number of sulfonamides is 1. The van der Waals surface area contributed by atoms with Gasteiger partial charge in [0, 0.05) is 6.20 Å². The molecule has 0 amide bonds. The second-order valence-corrected chi connectivity index (χ2v) is 5.44. The van der Waals surface area contributed by atoms with Gasteiger partial charge in [0.05, 0.1) is 24.6 Å². The van der Waals surface area contributed by atoms with E-state index < -0.39 is 16.0 Å². The number of carboxylic acids is 1. The summed E-state index contributed by atoms with van der Waals surface area (Å²) in [5, 5.41) is 14.9. The Hall–Kier alpha value is -2.55. The van der Waals surface area contributed by atoms with E-state index in [1.54, 1.807) is 0 Å². The Bertz CT molecular complexity index is 725. The van der Waals surface area contributed by atoms with Crippen LogP contribution in [-0.2, 0) is 10.0 Å². The number of anilines is 1. The molecule has 8 nitrogen and oxygen atoms in total. The van der Waals surface area contributed by atoms with Gasteiger partial charge in [-0.05, 0) is 18.2 Å². The van der Waals surface area contributed by atoms with Crippen molar-refractivity contribution in [2.24, 2.45) is 0 Å². The minimum Gasteiger partial charge on any atom is -0.495 e. The molecule has 0 atom stereocenters. The van der Waals surface area contributed by atoms with Gasteiger partial charge < -0.3 is 9.84 Å². The van der Waals surface area contributed by atoms with E-state index in [4.69, 9.17) is 9.84 Å². The number of nitrogens with one attached hydrogen (secondary N) is 2. The first-order valence-corrected chi connectivity index (χ1v) is 6.85. The van der Waals surface area contributed by atoms with Gasteiger partial charge in [0.2, 0.25) is 0 Å². The number of aromatic amines is 1. The molecular weight excluding hydrogens is 286 g/mol. The lowest BCUT2D eigenvalue weighted by Crippen LogP contribution is -2.13. The van der Waals surface area contributed by atoms with Crippen LogP contribution in [0.1, 0.15) is 10.4 Å². The standard InChI is InChI=1S/C11H11N3O5S/c1-19-10-3-2-7(11(15)16)4-9(10)14-20(17,18)8-5-12-13-6-8/h2-6,14H,1H3,(H,12,13)(H,15,16). The number of H-pyrrole nitrogens is 1. The van der Waals surface area contributed by atoms with Crippen LogP contribution in [0.15, 0.2) is 35.5 Å². The number of aromatic nitrogens is 2. The minimum absolute atomic E-state index is 0.0357. The average molecular weight is 297 g/mol. The molecule has 0 saturated carbocycles. The van der Waals surface area contributed by atoms with Crippen molar-refractivity contribution in [3.8, 4) is 5.75 Å². The Morgan fingerprint density at radius 1 is 1.45 bits per heavy atom. The van der Waals surface area contributed by atoms with Crippen LogP contribution in [0.2, 0.25) is 0 Å². The summed E-state index contributed by atoms with van der Waals surface area (Å²) in [5.41, 5.74) is -0.0238. The number of rotatable bonds is 5. The molecule has 2 rings (SSSR count). The van der Waals surface area contributed by atoms with E-state index in [1.165, 1.54) is 31.5 Å². The highest BCUT2D eigenvalue weighted by Crippen LogP contribution is 2.27. The van der Waals surface area contributed by atoms with E-state index in [-0.39, 0.29) is 21.9 Å². The summed E-state index contributed by atoms with van der Waals surface area (Å²) >= 11 is 0. The molecule has 0 saturated heterocycles. The second-order valence-electron chi connectivity index (χ2n) is 3.76. The maximum absolute atomic E-state index is 12.0. The molecule has 1 aromatic heterocycles. The first kappa shape index (κ1) is 13.9. The minimum atomic E-state index is -3.86. The number of ether oxygens (including phenoxy) is 1. The molecule has 3 N–H and O–H groups in total. The number of hydrogen-bond donors (Lipinski definition) is 3. The number of aromatic carboxylic acids is 1. The van der Waals surface area contributed by atoms with Gasteiger partial charge in [0.1, 0.15) is 10.6 Å². The van der Waals surface area contributed by atoms with Crippen molar-refractivity contribution >= 4 is 21.7 Å². The fraction of sp³-hybridized carbons (Fsp3) is 0.0909. The zero-order chi connectivity index (χ0) is 14.8. The zero-order valence-electron chi connectivity index (χ0n) is 10.3. The van der Waals surface area contributed by atoms with Crippen LogP contribution in [-0.4, -0.2) is 36.8 Å². The molecule has 2 aromatic rings. The predicted molar refractivity (Wildman–Crippen MR) is 69.3 cm³/mol. The van der Waals surface area contributed by atoms with Crippen molar-refractivity contribution in [2.45, 2.75) is 4.90 Å². The lowest BCUT2D eigenvalue weighted by molar-refractivity contribution is 0.0697. The third kappa shape index (κ3) is 2.72. The molecule has 0 aliphatic heterocycles. The molecule has 0 unspecified atom stereocenters. The Morgan fingerprint density at radius 2 is 2.20 bits per heavy atom. The molecule has 1 aromatic carbocycles. The fourth-order valence-corrected chi connectivity index (χ4v) is 2.48. The van der Waals surface area contributed by atoms with Gasteiger partial charge in [0.15, 0.2) is 0 Å². The van der Waals surface area contributed by atoms with Gasteiger partial charge in [0.25, 0.3) is 10.0 Å². The van der Waals surface area contributed by atoms with Crippen LogP contribution >= 0.6 is 0 Å². The Labute approximate surface area is 114 Å². The van der Waals surface area contributed by atoms with Gasteiger partial charge in [-0.2, -0.15) is 5.10 Å². The van der Waals surface area contributed by atoms with Gasteiger partial charge >= 0.3 is 5.97 Å². The van der Waals surface area contributed by atoms with Gasteiger partial charge in [-0.3, -0.25) is 9.82 Å². The van der Waals surface area contributed by atoms with Crippen molar-refractivity contribution in [3.63, 3.8) is 0 Å². The lowest BCUT2D eigenvalue weighted by atomic mass is 10.2. The quantitative estimate of drug-likeness (QED) is 0.754. The van der Waals surface area contributed by atoms with Crippen LogP contribution in [0.5, 0.6) is 5.75 Å². The summed E-state index contributed by atoms with van der Waals surface area (Å²) in [6, 6.07) is 3.87. The van der Waals surface area contributed by atoms with E-state index in [0.29, 0.717) is 0 Å². The van der Waals surface area contributed by atoms with Crippen LogP contribution in [0.25, 0.3) is 0 Å². The molecule has 20 heavy (non-hydrogen) atoms. The maximum atomic E-state index is 12.0. The SMILES string of the molecule is COc1ccc(C(=O)O)cc1NS(=O)(=O)c1cn[nH]c1. The predicted octanol–water partition coefficient (Wildman–Crippen LogP) is 0.917. The number of hydrogen-bond acceptors (Lipinski definition) is 5. The summed E-state index contributed by atoms with van der Waals surface area (Å²) in [4.78, 5) is 10.8. The van der Waals surface area contributed by atoms with Crippen molar-refractivity contribution in [1.29, 1.82) is 0 Å². The molecule has 0 bridgehead atoms. The molecule has 106 valence electrons. The monoisotopic (exact) mass is 297 g/mol. The molecular formula is C11H11N3O5S. The third-order valence-corrected chi connectivity index (χ3v) is 3.81. The lowest BCUT2D eigenvalue weighted by Gasteiger charge is -2.11. The summed E-state index contributed by atoms with van der Waals surface area (Å²) in [6.45, 7) is 0. The largest absolute Gasteiger partial charge is 0.495 e. The summed E-state index contributed by atoms with van der Waals surface area (Å²) < 4.78 is 31.3. The Kier molecular flexibility index (Phi) is 3.61. The van der Waals surface area contributed by atoms with Crippen molar-refractivity contribution < 1.29 is 23.1 Å². The Balaban J connectivity index is 2.42. The zero-order valence-corrected chi connectivity index (χ0v) is 11.1. The van der Waals surface area contributed by atoms with Gasteiger partial charge in [-0.15, -0.1) is 0 Å². The van der Waals surface area contributed by atoms with Crippen LogP contribution in [0.3, 0.4) is 0 Å². The summed E-state index contributed by atoms with van der Waals surface area (Å²) in [7, 11) is -2.51. The van der Waals surface area contributed by atoms with E-state index in [9.17, 15) is 13.2 Å². The number of carbonyl (C=O) groups is 1. The molecule has 9 heteroatoms. The fourth-order valence-electron chi connectivity index (χ4n) is 1.51. The van der Waals surface area contributed by atoms with E-state index >= 15 is 0 Å². The van der Waals surface area contributed by atoms with E-state index in [0.717, 1.165) is 6.20 Å². The highest BCUT2D eigenvalue weighted by Gasteiger charge is 2.18. The molecule has 0 aliphatic rings. The number of carboxylic acid groups (broad SMARTS) is 1. The molecule has 0 fully saturated rings.